The molecule has 0 bridgehead atoms. The van der Waals surface area contributed by atoms with E-state index in [-0.39, 0.29) is 0 Å². The Morgan fingerprint density at radius 3 is 1.85 bits per heavy atom. The smallest absolute Gasteiger partial charge is 0.357 e. The predicted molar refractivity (Wildman–Crippen MR) is 61.9 cm³/mol. The molecule has 0 aliphatic heterocycles. The number of hydrogen-bond acceptors (Lipinski definition) is 5. The van der Waals surface area contributed by atoms with Crippen LogP contribution in [0, 0.1) is 0 Å². The summed E-state index contributed by atoms with van der Waals surface area (Å²) < 4.78 is 42.3. The van der Waals surface area contributed by atoms with Crippen LogP contribution in [0.25, 0.3) is 0 Å². The first kappa shape index (κ1) is 16.3. The number of carboxylic acid groups (broad SMARTS) is 2. The molecule has 0 fully saturated rings. The van der Waals surface area contributed by atoms with E-state index in [1.54, 1.807) is 0 Å². The highest BCUT2D eigenvalue weighted by Crippen LogP contribution is 2.37. The molecule has 1 aromatic carbocycles. The summed E-state index contributed by atoms with van der Waals surface area (Å²) in [6.45, 7) is 0. The molecule has 0 amide bonds. The van der Waals surface area contributed by atoms with Crippen molar-refractivity contribution in [2.24, 2.45) is 0 Å². The Morgan fingerprint density at radius 2 is 1.55 bits per heavy atom. The van der Waals surface area contributed by atoms with Gasteiger partial charge < -0.3 is 20.0 Å². The van der Waals surface area contributed by atoms with Crippen LogP contribution in [0.1, 0.15) is 20.7 Å². The Balaban J connectivity index is 4.07. The van der Waals surface area contributed by atoms with Gasteiger partial charge >= 0.3 is 19.5 Å². The zero-order chi connectivity index (χ0) is 15.9. The van der Waals surface area contributed by atoms with Gasteiger partial charge in [0.15, 0.2) is 0 Å². The lowest BCUT2D eigenvalue weighted by molar-refractivity contribution is 0.0689. The summed E-state index contributed by atoms with van der Waals surface area (Å²) in [5, 5.41) is 16.4. The highest BCUT2D eigenvalue weighted by Gasteiger charge is 2.35. The fourth-order valence-corrected chi connectivity index (χ4v) is 3.19. The Bertz CT molecular complexity index is 743. The molecule has 10 nitrogen and oxygen atoms in total. The van der Waals surface area contributed by atoms with Crippen LogP contribution in [-0.2, 0) is 14.7 Å². The van der Waals surface area contributed by atoms with E-state index in [9.17, 15) is 22.6 Å². The molecule has 110 valence electrons. The lowest BCUT2D eigenvalue weighted by Crippen LogP contribution is -2.23. The first-order valence-electron chi connectivity index (χ1n) is 4.54. The molecule has 12 heteroatoms. The van der Waals surface area contributed by atoms with Gasteiger partial charge in [-0.05, 0) is 12.1 Å². The van der Waals surface area contributed by atoms with Gasteiger partial charge in [-0.1, -0.05) is 0 Å². The first-order valence-corrected chi connectivity index (χ1v) is 7.59. The van der Waals surface area contributed by atoms with Crippen LogP contribution < -0.4 is 5.30 Å². The third-order valence-electron chi connectivity index (χ3n) is 2.15. The fraction of sp³-hybridized carbons (Fsp3) is 0. The van der Waals surface area contributed by atoms with Gasteiger partial charge in [0.25, 0.3) is 10.1 Å². The molecular weight excluding hydrogens is 319 g/mol. The molecule has 0 saturated carbocycles. The second-order valence-electron chi connectivity index (χ2n) is 3.47. The normalized spacial score (nSPS) is 12.2. The topological polar surface area (TPSA) is 186 Å². The van der Waals surface area contributed by atoms with Crippen molar-refractivity contribution in [1.82, 2.24) is 0 Å². The summed E-state index contributed by atoms with van der Waals surface area (Å²) in [5.41, 5.74) is -2.61. The maximum atomic E-state index is 11.1. The van der Waals surface area contributed by atoms with Gasteiger partial charge in [0, 0.05) is 0 Å². The van der Waals surface area contributed by atoms with Crippen LogP contribution in [0.15, 0.2) is 17.0 Å². The number of carboxylic acids is 2. The first-order chi connectivity index (χ1) is 8.87. The Hall–Kier alpha value is -1.78. The zero-order valence-electron chi connectivity index (χ0n) is 9.29. The van der Waals surface area contributed by atoms with E-state index in [0.29, 0.717) is 12.1 Å². The minimum absolute atomic E-state index is 0.475. The van der Waals surface area contributed by atoms with Gasteiger partial charge in [-0.15, -0.1) is 0 Å². The number of benzene rings is 1. The molecule has 5 N–H and O–H groups in total. The van der Waals surface area contributed by atoms with Crippen molar-refractivity contribution >= 4 is 35.0 Å². The van der Waals surface area contributed by atoms with Gasteiger partial charge in [-0.2, -0.15) is 8.42 Å². The van der Waals surface area contributed by atoms with E-state index in [1.165, 1.54) is 0 Å². The molecule has 0 radical (unpaired) electrons. The summed E-state index contributed by atoms with van der Waals surface area (Å²) >= 11 is 0. The number of hydrogen-bond donors (Lipinski definition) is 5. The second kappa shape index (κ2) is 4.96. The molecule has 1 aromatic rings. The Morgan fingerprint density at radius 1 is 1.05 bits per heavy atom. The third kappa shape index (κ3) is 3.03. The molecule has 0 saturated heterocycles. The standard InChI is InChI=1S/C8H7O10PS/c9-7(10)3-1-2-4(19(13,14)15)5(8(11)12)6(3)20(16,17)18/h1-2H,(H,9,10)(H,11,12)(H2,13,14,15)(H,16,17,18). The summed E-state index contributed by atoms with van der Waals surface area (Å²) in [7, 11) is -10.5. The van der Waals surface area contributed by atoms with Gasteiger partial charge in [0.2, 0.25) is 0 Å². The Labute approximate surface area is 111 Å². The molecule has 1 rings (SSSR count). The minimum atomic E-state index is -5.34. The SMILES string of the molecule is O=C(O)c1ccc(P(=O)(O)O)c(C(=O)O)c1S(=O)(=O)O. The van der Waals surface area contributed by atoms with E-state index in [2.05, 4.69) is 0 Å². The second-order valence-corrected chi connectivity index (χ2v) is 6.39. The summed E-state index contributed by atoms with van der Waals surface area (Å²) in [6, 6.07) is 0.953. The molecule has 0 aromatic heterocycles. The highest BCUT2D eigenvalue weighted by atomic mass is 32.2. The maximum Gasteiger partial charge on any atom is 0.357 e. The van der Waals surface area contributed by atoms with Crippen LogP contribution in [-0.4, -0.2) is 44.9 Å². The van der Waals surface area contributed by atoms with Crippen LogP contribution in [0.2, 0.25) is 0 Å². The van der Waals surface area contributed by atoms with Crippen molar-refractivity contribution in [2.75, 3.05) is 0 Å². The number of carbonyl (C=O) groups is 2. The van der Waals surface area contributed by atoms with Gasteiger partial charge in [0.1, 0.15) is 4.90 Å². The van der Waals surface area contributed by atoms with Crippen LogP contribution in [0.5, 0.6) is 0 Å². The lowest BCUT2D eigenvalue weighted by atomic mass is 10.1. The number of aromatic carboxylic acids is 2. The lowest BCUT2D eigenvalue weighted by Gasteiger charge is -2.13. The molecular formula is C8H7O10PS. The molecule has 0 aliphatic rings. The van der Waals surface area contributed by atoms with E-state index in [4.69, 9.17) is 24.6 Å². The third-order valence-corrected chi connectivity index (χ3v) is 4.09. The van der Waals surface area contributed by atoms with E-state index in [0.717, 1.165) is 0 Å². The van der Waals surface area contributed by atoms with E-state index >= 15 is 0 Å². The summed E-state index contributed by atoms with van der Waals surface area (Å²) in [4.78, 5) is 38.2. The molecule has 0 unspecified atom stereocenters. The highest BCUT2D eigenvalue weighted by molar-refractivity contribution is 7.86. The van der Waals surface area contributed by atoms with Crippen molar-refractivity contribution in [3.05, 3.63) is 23.3 Å². The number of rotatable bonds is 4. The molecule has 0 heterocycles. The van der Waals surface area contributed by atoms with Crippen molar-refractivity contribution in [1.29, 1.82) is 0 Å². The quantitative estimate of drug-likeness (QED) is 0.344. The maximum absolute atomic E-state index is 11.1. The van der Waals surface area contributed by atoms with Crippen LogP contribution in [0.4, 0.5) is 0 Å². The van der Waals surface area contributed by atoms with Crippen molar-refractivity contribution in [3.63, 3.8) is 0 Å². The van der Waals surface area contributed by atoms with E-state index in [1.807, 2.05) is 0 Å². The molecule has 0 atom stereocenters. The average molecular weight is 326 g/mol. The van der Waals surface area contributed by atoms with Crippen LogP contribution in [0.3, 0.4) is 0 Å². The van der Waals surface area contributed by atoms with Gasteiger partial charge in [-0.25, -0.2) is 9.59 Å². The van der Waals surface area contributed by atoms with Crippen LogP contribution >= 0.6 is 7.60 Å². The predicted octanol–water partition coefficient (Wildman–Crippen LogP) is -0.867. The summed E-state index contributed by atoms with van der Waals surface area (Å²) in [5.74, 6) is -4.00. The average Bonchev–Trinajstić information content (AvgIpc) is 2.24. The summed E-state index contributed by atoms with van der Waals surface area (Å²) in [6.07, 6.45) is 0. The fourth-order valence-electron chi connectivity index (χ4n) is 1.46. The molecule has 0 aliphatic carbocycles. The molecule has 0 spiro atoms. The van der Waals surface area contributed by atoms with Gasteiger partial charge in [0.05, 0.1) is 16.4 Å². The Kier molecular flexibility index (Phi) is 4.04. The van der Waals surface area contributed by atoms with Gasteiger partial charge in [-0.3, -0.25) is 9.12 Å². The van der Waals surface area contributed by atoms with Crippen molar-refractivity contribution in [3.8, 4) is 0 Å². The van der Waals surface area contributed by atoms with Crippen molar-refractivity contribution in [2.45, 2.75) is 4.90 Å². The van der Waals surface area contributed by atoms with Crippen molar-refractivity contribution < 1.29 is 47.1 Å². The minimum Gasteiger partial charge on any atom is -0.478 e. The monoisotopic (exact) mass is 326 g/mol. The largest absolute Gasteiger partial charge is 0.478 e. The zero-order valence-corrected chi connectivity index (χ0v) is 11.0. The molecule has 20 heavy (non-hydrogen) atoms. The van der Waals surface area contributed by atoms with E-state index < -0.39 is 51.0 Å².